The summed E-state index contributed by atoms with van der Waals surface area (Å²) < 4.78 is 2.03. The zero-order valence-electron chi connectivity index (χ0n) is 14.3. The van der Waals surface area contributed by atoms with Crippen LogP contribution in [0.25, 0.3) is 5.65 Å². The molecule has 1 aliphatic rings. The number of rotatable bonds is 5. The summed E-state index contributed by atoms with van der Waals surface area (Å²) in [4.78, 5) is 18.9. The van der Waals surface area contributed by atoms with Gasteiger partial charge in [-0.1, -0.05) is 13.0 Å². The van der Waals surface area contributed by atoms with Crippen molar-refractivity contribution in [1.82, 2.24) is 14.3 Å². The lowest BCUT2D eigenvalue weighted by molar-refractivity contribution is -0.134. The Labute approximate surface area is 147 Å². The molecular weight excluding hydrogens is 322 g/mol. The number of hydrogen-bond acceptors (Lipinski definition) is 4. The number of imidazole rings is 1. The SMILES string of the molecule is Cc1ccc2nc(CSCC(=O)N3CCCC(C)C3CO)cn2c1. The van der Waals surface area contributed by atoms with Gasteiger partial charge in [0.15, 0.2) is 0 Å². The highest BCUT2D eigenvalue weighted by Gasteiger charge is 2.30. The van der Waals surface area contributed by atoms with Gasteiger partial charge in [-0.2, -0.15) is 0 Å². The van der Waals surface area contributed by atoms with E-state index in [-0.39, 0.29) is 18.6 Å². The van der Waals surface area contributed by atoms with E-state index in [4.69, 9.17) is 0 Å². The smallest absolute Gasteiger partial charge is 0.232 e. The standard InChI is InChI=1S/C18H25N3O2S/c1-13-5-6-17-19-15(9-20(17)8-13)11-24-12-18(23)21-7-3-4-14(2)16(21)10-22/h5-6,8-9,14,16,22H,3-4,7,10-12H2,1-2H3. The monoisotopic (exact) mass is 347 g/mol. The Morgan fingerprint density at radius 2 is 2.25 bits per heavy atom. The Balaban J connectivity index is 1.55. The predicted molar refractivity (Wildman–Crippen MR) is 97.1 cm³/mol. The molecule has 1 N–H and O–H groups in total. The highest BCUT2D eigenvalue weighted by atomic mass is 32.2. The third-order valence-electron chi connectivity index (χ3n) is 4.75. The molecule has 2 aromatic heterocycles. The largest absolute Gasteiger partial charge is 0.394 e. The van der Waals surface area contributed by atoms with Crippen LogP contribution >= 0.6 is 11.8 Å². The van der Waals surface area contributed by atoms with Crippen molar-refractivity contribution in [2.24, 2.45) is 5.92 Å². The number of carbonyl (C=O) groups excluding carboxylic acids is 1. The molecule has 1 aliphatic heterocycles. The van der Waals surface area contributed by atoms with Crippen LogP contribution in [-0.2, 0) is 10.5 Å². The number of pyridine rings is 1. The summed E-state index contributed by atoms with van der Waals surface area (Å²) in [6.45, 7) is 5.00. The first-order valence-corrected chi connectivity index (χ1v) is 9.66. The molecule has 2 unspecified atom stereocenters. The number of aliphatic hydroxyl groups is 1. The molecule has 6 heteroatoms. The number of thioether (sulfide) groups is 1. The summed E-state index contributed by atoms with van der Waals surface area (Å²) in [5.41, 5.74) is 3.13. The fraction of sp³-hybridized carbons (Fsp3) is 0.556. The molecule has 130 valence electrons. The van der Waals surface area contributed by atoms with Crippen LogP contribution in [0.2, 0.25) is 0 Å². The number of fused-ring (bicyclic) bond motifs is 1. The first-order chi connectivity index (χ1) is 11.6. The highest BCUT2D eigenvalue weighted by Crippen LogP contribution is 2.24. The molecule has 0 bridgehead atoms. The van der Waals surface area contributed by atoms with Gasteiger partial charge >= 0.3 is 0 Å². The lowest BCUT2D eigenvalue weighted by Gasteiger charge is -2.39. The molecule has 24 heavy (non-hydrogen) atoms. The molecule has 1 fully saturated rings. The van der Waals surface area contributed by atoms with E-state index in [1.54, 1.807) is 11.8 Å². The van der Waals surface area contributed by atoms with Crippen LogP contribution in [0.1, 0.15) is 31.0 Å². The van der Waals surface area contributed by atoms with Gasteiger partial charge in [-0.15, -0.1) is 11.8 Å². The minimum atomic E-state index is -0.0231. The predicted octanol–water partition coefficient (Wildman–Crippen LogP) is 2.50. The third kappa shape index (κ3) is 3.75. The number of aliphatic hydroxyl groups excluding tert-OH is 1. The lowest BCUT2D eigenvalue weighted by Crippen LogP contribution is -2.50. The average Bonchev–Trinajstić information content (AvgIpc) is 2.96. The fourth-order valence-electron chi connectivity index (χ4n) is 3.39. The Hall–Kier alpha value is -1.53. The number of aryl methyl sites for hydroxylation is 1. The molecule has 0 aliphatic carbocycles. The van der Waals surface area contributed by atoms with Crippen molar-refractivity contribution in [1.29, 1.82) is 0 Å². The normalized spacial score (nSPS) is 21.4. The number of piperidine rings is 1. The molecule has 1 saturated heterocycles. The zero-order valence-corrected chi connectivity index (χ0v) is 15.1. The molecule has 1 amide bonds. The van der Waals surface area contributed by atoms with Crippen LogP contribution in [0.3, 0.4) is 0 Å². The molecule has 0 aromatic carbocycles. The minimum absolute atomic E-state index is 0.0231. The minimum Gasteiger partial charge on any atom is -0.394 e. The summed E-state index contributed by atoms with van der Waals surface area (Å²) in [5.74, 6) is 1.67. The summed E-state index contributed by atoms with van der Waals surface area (Å²) in [6, 6.07) is 4.04. The van der Waals surface area contributed by atoms with E-state index in [1.165, 1.54) is 5.56 Å². The van der Waals surface area contributed by atoms with Crippen molar-refractivity contribution in [3.63, 3.8) is 0 Å². The fourth-order valence-corrected chi connectivity index (χ4v) is 4.18. The van der Waals surface area contributed by atoms with Gasteiger partial charge in [-0.25, -0.2) is 4.98 Å². The molecule has 0 saturated carbocycles. The highest BCUT2D eigenvalue weighted by molar-refractivity contribution is 7.99. The molecule has 3 heterocycles. The Morgan fingerprint density at radius 1 is 1.42 bits per heavy atom. The van der Waals surface area contributed by atoms with Crippen LogP contribution in [0.15, 0.2) is 24.5 Å². The van der Waals surface area contributed by atoms with Crippen LogP contribution in [-0.4, -0.2) is 50.2 Å². The van der Waals surface area contributed by atoms with Crippen molar-refractivity contribution in [2.75, 3.05) is 18.9 Å². The van der Waals surface area contributed by atoms with E-state index >= 15 is 0 Å². The Morgan fingerprint density at radius 3 is 3.04 bits per heavy atom. The molecule has 2 atom stereocenters. The number of likely N-dealkylation sites (tertiary alicyclic amines) is 1. The molecule has 3 rings (SSSR count). The summed E-state index contributed by atoms with van der Waals surface area (Å²) in [5, 5.41) is 9.57. The van der Waals surface area contributed by atoms with Crippen LogP contribution in [0, 0.1) is 12.8 Å². The maximum atomic E-state index is 12.5. The Kier molecular flexibility index (Phi) is 5.46. The van der Waals surface area contributed by atoms with Gasteiger partial charge in [-0.3, -0.25) is 4.79 Å². The summed E-state index contributed by atoms with van der Waals surface area (Å²) in [6.07, 6.45) is 6.20. The second-order valence-electron chi connectivity index (χ2n) is 6.65. The first-order valence-electron chi connectivity index (χ1n) is 8.51. The van der Waals surface area contributed by atoms with E-state index in [0.717, 1.165) is 36.5 Å². The Bertz CT molecular complexity index is 715. The quantitative estimate of drug-likeness (QED) is 0.903. The van der Waals surface area contributed by atoms with E-state index in [0.29, 0.717) is 11.7 Å². The van der Waals surface area contributed by atoms with Gasteiger partial charge in [0.05, 0.1) is 24.1 Å². The number of hydrogen-bond donors (Lipinski definition) is 1. The summed E-state index contributed by atoms with van der Waals surface area (Å²) >= 11 is 1.59. The van der Waals surface area contributed by atoms with Crippen LogP contribution < -0.4 is 0 Å². The molecule has 0 radical (unpaired) electrons. The molecule has 0 spiro atoms. The average molecular weight is 347 g/mol. The van der Waals surface area contributed by atoms with Crippen LogP contribution in [0.4, 0.5) is 0 Å². The van der Waals surface area contributed by atoms with Gasteiger partial charge in [-0.05, 0) is 37.3 Å². The molecule has 2 aromatic rings. The number of amides is 1. The first kappa shape index (κ1) is 17.3. The van der Waals surface area contributed by atoms with Crippen molar-refractivity contribution in [2.45, 2.75) is 38.5 Å². The number of nitrogens with zero attached hydrogens (tertiary/aromatic N) is 3. The molecular formula is C18H25N3O2S. The van der Waals surface area contributed by atoms with Gasteiger partial charge in [0.2, 0.25) is 5.91 Å². The van der Waals surface area contributed by atoms with Gasteiger partial charge in [0.25, 0.3) is 0 Å². The zero-order chi connectivity index (χ0) is 17.1. The summed E-state index contributed by atoms with van der Waals surface area (Å²) in [7, 11) is 0. The molecule has 5 nitrogen and oxygen atoms in total. The van der Waals surface area contributed by atoms with E-state index < -0.39 is 0 Å². The second-order valence-corrected chi connectivity index (χ2v) is 7.64. The number of carbonyl (C=O) groups is 1. The number of aromatic nitrogens is 2. The maximum Gasteiger partial charge on any atom is 0.232 e. The topological polar surface area (TPSA) is 57.8 Å². The van der Waals surface area contributed by atoms with E-state index in [1.807, 2.05) is 21.6 Å². The van der Waals surface area contributed by atoms with Crippen LogP contribution in [0.5, 0.6) is 0 Å². The van der Waals surface area contributed by atoms with Gasteiger partial charge in [0, 0.05) is 24.7 Å². The van der Waals surface area contributed by atoms with Gasteiger partial charge in [0.1, 0.15) is 5.65 Å². The second kappa shape index (κ2) is 7.57. The van der Waals surface area contributed by atoms with Crippen molar-refractivity contribution in [3.8, 4) is 0 Å². The third-order valence-corrected chi connectivity index (χ3v) is 5.70. The van der Waals surface area contributed by atoms with Crippen molar-refractivity contribution >= 4 is 23.3 Å². The van der Waals surface area contributed by atoms with E-state index in [9.17, 15) is 9.90 Å². The van der Waals surface area contributed by atoms with Gasteiger partial charge < -0.3 is 14.4 Å². The van der Waals surface area contributed by atoms with Crippen molar-refractivity contribution < 1.29 is 9.90 Å². The van der Waals surface area contributed by atoms with E-state index in [2.05, 4.69) is 31.1 Å². The maximum absolute atomic E-state index is 12.5. The van der Waals surface area contributed by atoms with Crippen molar-refractivity contribution in [3.05, 3.63) is 35.8 Å². The lowest BCUT2D eigenvalue weighted by atomic mass is 9.91.